The van der Waals surface area contributed by atoms with Crippen molar-refractivity contribution in [3.8, 4) is 0 Å². The Bertz CT molecular complexity index is 557. The van der Waals surface area contributed by atoms with Crippen molar-refractivity contribution in [1.29, 1.82) is 0 Å². The van der Waals surface area contributed by atoms with E-state index in [2.05, 4.69) is 15.3 Å². The molecule has 0 saturated heterocycles. The van der Waals surface area contributed by atoms with Crippen LogP contribution < -0.4 is 11.1 Å². The van der Waals surface area contributed by atoms with Crippen molar-refractivity contribution >= 4 is 23.4 Å². The quantitative estimate of drug-likeness (QED) is 0.738. The first-order valence-electron chi connectivity index (χ1n) is 4.84. The van der Waals surface area contributed by atoms with Gasteiger partial charge < -0.3 is 16.2 Å². The Hall–Kier alpha value is -2.63. The molecule has 0 unspecified atom stereocenters. The van der Waals surface area contributed by atoms with E-state index in [0.29, 0.717) is 11.6 Å². The SMILES string of the molecule is Nc1cccc(Nc2ncccc2C(=O)O)n1. The van der Waals surface area contributed by atoms with E-state index in [9.17, 15) is 4.79 Å². The minimum absolute atomic E-state index is 0.0803. The highest BCUT2D eigenvalue weighted by molar-refractivity contribution is 5.93. The number of carboxylic acid groups (broad SMARTS) is 1. The van der Waals surface area contributed by atoms with Crippen LogP contribution in [0.15, 0.2) is 36.5 Å². The lowest BCUT2D eigenvalue weighted by Gasteiger charge is -2.07. The van der Waals surface area contributed by atoms with Crippen LogP contribution in [-0.4, -0.2) is 21.0 Å². The molecular formula is C11H10N4O2. The van der Waals surface area contributed by atoms with E-state index in [0.717, 1.165) is 0 Å². The number of carboxylic acids is 1. The van der Waals surface area contributed by atoms with Crippen LogP contribution in [-0.2, 0) is 0 Å². The molecule has 0 aliphatic heterocycles. The molecule has 0 bridgehead atoms. The zero-order valence-corrected chi connectivity index (χ0v) is 8.79. The standard InChI is InChI=1S/C11H10N4O2/c12-8-4-1-5-9(14-8)15-10-7(11(16)17)3-2-6-13-10/h1-6H,(H,16,17)(H3,12,13,14,15). The summed E-state index contributed by atoms with van der Waals surface area (Å²) in [6, 6.07) is 8.05. The summed E-state index contributed by atoms with van der Waals surface area (Å²) in [6.07, 6.45) is 1.50. The first kappa shape index (κ1) is 10.9. The number of aromatic nitrogens is 2. The molecule has 0 amide bonds. The number of nitrogens with one attached hydrogen (secondary N) is 1. The Kier molecular flexibility index (Phi) is 2.87. The number of aromatic carboxylic acids is 1. The maximum absolute atomic E-state index is 11.0. The van der Waals surface area contributed by atoms with Crippen molar-refractivity contribution in [2.75, 3.05) is 11.1 Å². The summed E-state index contributed by atoms with van der Waals surface area (Å²) in [5.41, 5.74) is 5.60. The number of nitrogen functional groups attached to an aromatic ring is 1. The van der Waals surface area contributed by atoms with E-state index in [1.54, 1.807) is 24.3 Å². The van der Waals surface area contributed by atoms with Crippen LogP contribution >= 0.6 is 0 Å². The van der Waals surface area contributed by atoms with Gasteiger partial charge in [0.25, 0.3) is 0 Å². The highest BCUT2D eigenvalue weighted by Crippen LogP contribution is 2.17. The summed E-state index contributed by atoms with van der Waals surface area (Å²) >= 11 is 0. The summed E-state index contributed by atoms with van der Waals surface area (Å²) in [6.45, 7) is 0. The number of pyridine rings is 2. The molecule has 86 valence electrons. The largest absolute Gasteiger partial charge is 0.478 e. The molecule has 0 atom stereocenters. The molecule has 0 spiro atoms. The molecule has 4 N–H and O–H groups in total. The summed E-state index contributed by atoms with van der Waals surface area (Å²) in [5.74, 6) is -0.0170. The Labute approximate surface area is 97.1 Å². The predicted molar refractivity (Wildman–Crippen MR) is 63.1 cm³/mol. The number of rotatable bonds is 3. The van der Waals surface area contributed by atoms with Crippen LogP contribution in [0.5, 0.6) is 0 Å². The van der Waals surface area contributed by atoms with Gasteiger partial charge in [-0.05, 0) is 24.3 Å². The van der Waals surface area contributed by atoms with Gasteiger partial charge in [0, 0.05) is 6.20 Å². The van der Waals surface area contributed by atoms with E-state index >= 15 is 0 Å². The monoisotopic (exact) mass is 230 g/mol. The topological polar surface area (TPSA) is 101 Å². The van der Waals surface area contributed by atoms with Crippen LogP contribution in [0.4, 0.5) is 17.5 Å². The fourth-order valence-corrected chi connectivity index (χ4v) is 1.32. The first-order chi connectivity index (χ1) is 8.16. The zero-order valence-electron chi connectivity index (χ0n) is 8.79. The molecule has 0 aliphatic rings. The number of nitrogens with zero attached hydrogens (tertiary/aromatic N) is 2. The highest BCUT2D eigenvalue weighted by atomic mass is 16.4. The summed E-state index contributed by atoms with van der Waals surface area (Å²) < 4.78 is 0. The smallest absolute Gasteiger partial charge is 0.339 e. The van der Waals surface area contributed by atoms with Crippen molar-refractivity contribution in [1.82, 2.24) is 9.97 Å². The number of hydrogen-bond donors (Lipinski definition) is 3. The minimum atomic E-state index is -1.05. The van der Waals surface area contributed by atoms with Crippen molar-refractivity contribution in [3.63, 3.8) is 0 Å². The molecule has 2 aromatic heterocycles. The molecule has 0 saturated carbocycles. The molecule has 2 aromatic rings. The van der Waals surface area contributed by atoms with E-state index in [1.807, 2.05) is 0 Å². The van der Waals surface area contributed by atoms with Gasteiger partial charge in [-0.1, -0.05) is 6.07 Å². The van der Waals surface area contributed by atoms with Crippen LogP contribution in [0.3, 0.4) is 0 Å². The summed E-state index contributed by atoms with van der Waals surface area (Å²) in [7, 11) is 0. The Morgan fingerprint density at radius 1 is 1.29 bits per heavy atom. The molecule has 2 rings (SSSR count). The average Bonchev–Trinajstić information content (AvgIpc) is 2.29. The number of anilines is 3. The molecule has 0 radical (unpaired) electrons. The lowest BCUT2D eigenvalue weighted by molar-refractivity contribution is 0.0697. The predicted octanol–water partition coefficient (Wildman–Crippen LogP) is 1.50. The molecule has 0 aliphatic carbocycles. The van der Waals surface area contributed by atoms with Crippen LogP contribution in [0, 0.1) is 0 Å². The molecular weight excluding hydrogens is 220 g/mol. The summed E-state index contributed by atoms with van der Waals surface area (Å²) in [4.78, 5) is 18.9. The molecule has 6 heteroatoms. The van der Waals surface area contributed by atoms with Crippen molar-refractivity contribution < 1.29 is 9.90 Å². The maximum Gasteiger partial charge on any atom is 0.339 e. The number of hydrogen-bond acceptors (Lipinski definition) is 5. The average molecular weight is 230 g/mol. The van der Waals surface area contributed by atoms with Crippen LogP contribution in [0.2, 0.25) is 0 Å². The zero-order chi connectivity index (χ0) is 12.3. The maximum atomic E-state index is 11.0. The van der Waals surface area contributed by atoms with Crippen molar-refractivity contribution in [2.45, 2.75) is 0 Å². The van der Waals surface area contributed by atoms with Crippen molar-refractivity contribution in [3.05, 3.63) is 42.1 Å². The second-order valence-corrected chi connectivity index (χ2v) is 3.28. The number of carbonyl (C=O) groups is 1. The van der Waals surface area contributed by atoms with E-state index in [-0.39, 0.29) is 11.4 Å². The van der Waals surface area contributed by atoms with Gasteiger partial charge in [-0.2, -0.15) is 0 Å². The second-order valence-electron chi connectivity index (χ2n) is 3.28. The third kappa shape index (κ3) is 2.49. The Balaban J connectivity index is 2.33. The molecule has 0 aromatic carbocycles. The van der Waals surface area contributed by atoms with Gasteiger partial charge in [-0.3, -0.25) is 0 Å². The number of nitrogens with two attached hydrogens (primary N) is 1. The Morgan fingerprint density at radius 3 is 2.82 bits per heavy atom. The van der Waals surface area contributed by atoms with Gasteiger partial charge in [0.2, 0.25) is 0 Å². The Morgan fingerprint density at radius 2 is 2.12 bits per heavy atom. The third-order valence-corrected chi connectivity index (χ3v) is 2.06. The lowest BCUT2D eigenvalue weighted by Crippen LogP contribution is -2.05. The normalized spacial score (nSPS) is 9.88. The minimum Gasteiger partial charge on any atom is -0.478 e. The highest BCUT2D eigenvalue weighted by Gasteiger charge is 2.10. The summed E-state index contributed by atoms with van der Waals surface area (Å²) in [5, 5.41) is 11.8. The molecule has 17 heavy (non-hydrogen) atoms. The van der Waals surface area contributed by atoms with Gasteiger partial charge in [0.1, 0.15) is 23.0 Å². The fraction of sp³-hybridized carbons (Fsp3) is 0. The lowest BCUT2D eigenvalue weighted by atomic mass is 10.2. The van der Waals surface area contributed by atoms with Gasteiger partial charge >= 0.3 is 5.97 Å². The third-order valence-electron chi connectivity index (χ3n) is 2.06. The molecule has 2 heterocycles. The molecule has 6 nitrogen and oxygen atoms in total. The fourth-order valence-electron chi connectivity index (χ4n) is 1.32. The molecule has 0 fully saturated rings. The van der Waals surface area contributed by atoms with E-state index in [1.165, 1.54) is 12.3 Å². The first-order valence-corrected chi connectivity index (χ1v) is 4.84. The van der Waals surface area contributed by atoms with Crippen LogP contribution in [0.25, 0.3) is 0 Å². The van der Waals surface area contributed by atoms with Gasteiger partial charge in [0.05, 0.1) is 0 Å². The van der Waals surface area contributed by atoms with Crippen LogP contribution in [0.1, 0.15) is 10.4 Å². The van der Waals surface area contributed by atoms with Gasteiger partial charge in [-0.15, -0.1) is 0 Å². The van der Waals surface area contributed by atoms with E-state index < -0.39 is 5.97 Å². The van der Waals surface area contributed by atoms with Crippen molar-refractivity contribution in [2.24, 2.45) is 0 Å². The van der Waals surface area contributed by atoms with Gasteiger partial charge in [-0.25, -0.2) is 14.8 Å². The van der Waals surface area contributed by atoms with E-state index in [4.69, 9.17) is 10.8 Å². The second kappa shape index (κ2) is 4.48. The van der Waals surface area contributed by atoms with Gasteiger partial charge in [0.15, 0.2) is 0 Å².